The van der Waals surface area contributed by atoms with Gasteiger partial charge in [0.1, 0.15) is 18.1 Å². The van der Waals surface area contributed by atoms with E-state index >= 15 is 0 Å². The van der Waals surface area contributed by atoms with Crippen molar-refractivity contribution in [3.63, 3.8) is 0 Å². The van der Waals surface area contributed by atoms with Crippen LogP contribution in [0.2, 0.25) is 0 Å². The molecule has 0 amide bonds. The molecule has 0 unspecified atom stereocenters. The van der Waals surface area contributed by atoms with E-state index in [1.807, 2.05) is 24.3 Å². The number of rotatable bonds is 4. The Morgan fingerprint density at radius 1 is 1.31 bits per heavy atom. The van der Waals surface area contributed by atoms with Crippen LogP contribution in [0.5, 0.6) is 11.5 Å². The minimum Gasteiger partial charge on any atom is -0.497 e. The largest absolute Gasteiger partial charge is 0.497 e. The average Bonchev–Trinajstić information content (AvgIpc) is 2.19. The zero-order chi connectivity index (χ0) is 9.52. The minimum absolute atomic E-state index is 0.496. The highest BCUT2D eigenvalue weighted by Crippen LogP contribution is 2.16. The van der Waals surface area contributed by atoms with Crippen LogP contribution in [0.25, 0.3) is 0 Å². The fraction of sp³-hybridized carbons (Fsp3) is 0.182. The summed E-state index contributed by atoms with van der Waals surface area (Å²) in [6.07, 6.45) is 1.73. The van der Waals surface area contributed by atoms with E-state index in [9.17, 15) is 0 Å². The summed E-state index contributed by atoms with van der Waals surface area (Å²) in [4.78, 5) is 0. The van der Waals surface area contributed by atoms with Crippen LogP contribution in [-0.2, 0) is 0 Å². The van der Waals surface area contributed by atoms with Gasteiger partial charge in [-0.2, -0.15) is 0 Å². The number of ether oxygens (including phenoxy) is 2. The molecule has 2 heteroatoms. The predicted octanol–water partition coefficient (Wildman–Crippen LogP) is 2.42. The molecule has 2 nitrogen and oxygen atoms in total. The highest BCUT2D eigenvalue weighted by Gasteiger charge is 1.92. The van der Waals surface area contributed by atoms with Gasteiger partial charge in [0.15, 0.2) is 0 Å². The molecule has 0 aromatic heterocycles. The first-order valence-electron chi connectivity index (χ1n) is 3.98. The van der Waals surface area contributed by atoms with Gasteiger partial charge in [-0.05, 0) is 30.3 Å². The summed E-state index contributed by atoms with van der Waals surface area (Å²) in [5, 5.41) is 0. The van der Waals surface area contributed by atoms with E-state index in [2.05, 4.69) is 12.3 Å². The van der Waals surface area contributed by atoms with Crippen LogP contribution in [0.1, 0.15) is 0 Å². The van der Waals surface area contributed by atoms with Gasteiger partial charge < -0.3 is 9.47 Å². The Morgan fingerprint density at radius 3 is 2.46 bits per heavy atom. The van der Waals surface area contributed by atoms with Crippen LogP contribution in [0, 0.1) is 0 Å². The second-order valence-electron chi connectivity index (χ2n) is 2.39. The Hall–Kier alpha value is -1.66. The van der Waals surface area contributed by atoms with Gasteiger partial charge in [0.25, 0.3) is 0 Å². The highest BCUT2D eigenvalue weighted by atomic mass is 16.5. The third-order valence-electron chi connectivity index (χ3n) is 1.54. The lowest BCUT2D eigenvalue weighted by Crippen LogP contribution is -1.92. The van der Waals surface area contributed by atoms with Crippen LogP contribution < -0.4 is 9.47 Å². The van der Waals surface area contributed by atoms with Gasteiger partial charge in [-0.15, -0.1) is 5.73 Å². The molecular formula is C11H12O2. The Labute approximate surface area is 78.1 Å². The van der Waals surface area contributed by atoms with Crippen LogP contribution in [-0.4, -0.2) is 13.7 Å². The highest BCUT2D eigenvalue weighted by molar-refractivity contribution is 5.31. The molecule has 0 saturated carbocycles. The quantitative estimate of drug-likeness (QED) is 0.656. The second-order valence-corrected chi connectivity index (χ2v) is 2.39. The Morgan fingerprint density at radius 2 is 1.92 bits per heavy atom. The monoisotopic (exact) mass is 176 g/mol. The molecule has 0 fully saturated rings. The summed E-state index contributed by atoms with van der Waals surface area (Å²) in [7, 11) is 1.64. The molecule has 0 heterocycles. The second kappa shape index (κ2) is 5.07. The zero-order valence-corrected chi connectivity index (χ0v) is 7.62. The summed E-state index contributed by atoms with van der Waals surface area (Å²) in [5.74, 6) is 1.64. The molecule has 0 bridgehead atoms. The van der Waals surface area contributed by atoms with Gasteiger partial charge >= 0.3 is 0 Å². The minimum atomic E-state index is 0.496. The molecule has 0 aliphatic carbocycles. The van der Waals surface area contributed by atoms with Gasteiger partial charge in [-0.3, -0.25) is 0 Å². The van der Waals surface area contributed by atoms with Crippen LogP contribution in [0.4, 0.5) is 0 Å². The van der Waals surface area contributed by atoms with E-state index in [1.165, 1.54) is 0 Å². The van der Waals surface area contributed by atoms with Gasteiger partial charge in [-0.1, -0.05) is 6.58 Å². The maximum Gasteiger partial charge on any atom is 0.120 e. The Kier molecular flexibility index (Phi) is 3.68. The lowest BCUT2D eigenvalue weighted by atomic mass is 10.3. The van der Waals surface area contributed by atoms with Crippen LogP contribution in [0.3, 0.4) is 0 Å². The van der Waals surface area contributed by atoms with Crippen molar-refractivity contribution in [1.82, 2.24) is 0 Å². The standard InChI is InChI=1S/C11H12O2/c1-3-4-9-13-11-7-5-10(12-2)6-8-11/h4-8H,1,9H2,2H3. The molecular weight excluding hydrogens is 164 g/mol. The predicted molar refractivity (Wildman–Crippen MR) is 52.2 cm³/mol. The summed E-state index contributed by atoms with van der Waals surface area (Å²) < 4.78 is 10.3. The molecule has 0 N–H and O–H groups in total. The lowest BCUT2D eigenvalue weighted by molar-refractivity contribution is 0.361. The molecule has 13 heavy (non-hydrogen) atoms. The fourth-order valence-corrected chi connectivity index (χ4v) is 0.869. The SMILES string of the molecule is C=C=CCOc1ccc(OC)cc1. The third kappa shape index (κ3) is 3.06. The van der Waals surface area contributed by atoms with Crippen molar-refractivity contribution in [1.29, 1.82) is 0 Å². The molecule has 0 aliphatic heterocycles. The number of hydrogen-bond donors (Lipinski definition) is 0. The van der Waals surface area contributed by atoms with Crippen molar-refractivity contribution in [2.24, 2.45) is 0 Å². The number of benzene rings is 1. The van der Waals surface area contributed by atoms with Crippen molar-refractivity contribution >= 4 is 0 Å². The van der Waals surface area contributed by atoms with Crippen LogP contribution >= 0.6 is 0 Å². The molecule has 1 aromatic rings. The van der Waals surface area contributed by atoms with Crippen LogP contribution in [0.15, 0.2) is 42.7 Å². The summed E-state index contributed by atoms with van der Waals surface area (Å²) >= 11 is 0. The first-order valence-corrected chi connectivity index (χ1v) is 3.98. The smallest absolute Gasteiger partial charge is 0.120 e. The molecule has 1 rings (SSSR count). The van der Waals surface area contributed by atoms with Crippen molar-refractivity contribution < 1.29 is 9.47 Å². The van der Waals surface area contributed by atoms with Gasteiger partial charge in [0.2, 0.25) is 0 Å². The van der Waals surface area contributed by atoms with Crippen molar-refractivity contribution in [3.8, 4) is 11.5 Å². The molecule has 0 radical (unpaired) electrons. The van der Waals surface area contributed by atoms with E-state index in [0.29, 0.717) is 6.61 Å². The Balaban J connectivity index is 2.53. The molecule has 0 saturated heterocycles. The fourth-order valence-electron chi connectivity index (χ4n) is 0.869. The van der Waals surface area contributed by atoms with E-state index in [0.717, 1.165) is 11.5 Å². The molecule has 0 atom stereocenters. The van der Waals surface area contributed by atoms with E-state index in [4.69, 9.17) is 9.47 Å². The first-order chi connectivity index (χ1) is 6.36. The van der Waals surface area contributed by atoms with E-state index < -0.39 is 0 Å². The number of methoxy groups -OCH3 is 1. The molecule has 0 aliphatic rings. The van der Waals surface area contributed by atoms with Crippen molar-refractivity contribution in [2.75, 3.05) is 13.7 Å². The molecule has 68 valence electrons. The molecule has 0 spiro atoms. The average molecular weight is 176 g/mol. The van der Waals surface area contributed by atoms with Crippen molar-refractivity contribution in [2.45, 2.75) is 0 Å². The Bertz CT molecular complexity index is 294. The summed E-state index contributed by atoms with van der Waals surface area (Å²) in [6.45, 7) is 3.93. The first kappa shape index (κ1) is 9.43. The summed E-state index contributed by atoms with van der Waals surface area (Å²) in [5.41, 5.74) is 2.64. The van der Waals surface area contributed by atoms with Crippen molar-refractivity contribution in [3.05, 3.63) is 42.7 Å². The van der Waals surface area contributed by atoms with Gasteiger partial charge in [0.05, 0.1) is 7.11 Å². The summed E-state index contributed by atoms with van der Waals surface area (Å²) in [6, 6.07) is 7.42. The molecule has 1 aromatic carbocycles. The maximum absolute atomic E-state index is 5.33. The third-order valence-corrected chi connectivity index (χ3v) is 1.54. The number of hydrogen-bond acceptors (Lipinski definition) is 2. The topological polar surface area (TPSA) is 18.5 Å². The van der Waals surface area contributed by atoms with E-state index in [1.54, 1.807) is 13.2 Å². The normalized spacial score (nSPS) is 8.69. The zero-order valence-electron chi connectivity index (χ0n) is 7.62. The van der Waals surface area contributed by atoms with E-state index in [-0.39, 0.29) is 0 Å². The lowest BCUT2D eigenvalue weighted by Gasteiger charge is -2.03. The van der Waals surface area contributed by atoms with Gasteiger partial charge in [-0.25, -0.2) is 0 Å². The maximum atomic E-state index is 5.33. The van der Waals surface area contributed by atoms with Gasteiger partial charge in [0, 0.05) is 0 Å².